The average Bonchev–Trinajstić information content (AvgIpc) is 2.86. The molecule has 0 saturated heterocycles. The molecular formula is C32H27ClN2O2. The molecule has 0 radical (unpaired) electrons. The fourth-order valence-corrected chi connectivity index (χ4v) is 4.76. The Hall–Kier alpha value is -4.15. The quantitative estimate of drug-likeness (QED) is 0.259. The molecule has 0 atom stereocenters. The molecule has 0 spiro atoms. The van der Waals surface area contributed by atoms with E-state index in [0.29, 0.717) is 22.0 Å². The molecule has 0 bridgehead atoms. The first-order valence-corrected chi connectivity index (χ1v) is 12.5. The van der Waals surface area contributed by atoms with Gasteiger partial charge in [0.1, 0.15) is 11.5 Å². The van der Waals surface area contributed by atoms with Gasteiger partial charge >= 0.3 is 0 Å². The van der Waals surface area contributed by atoms with Crippen LogP contribution in [0.2, 0.25) is 5.02 Å². The Kier molecular flexibility index (Phi) is 6.68. The maximum absolute atomic E-state index is 13.7. The monoisotopic (exact) mass is 506 g/mol. The minimum atomic E-state index is -0.189. The van der Waals surface area contributed by atoms with Gasteiger partial charge in [-0.05, 0) is 93.4 Å². The highest BCUT2D eigenvalue weighted by molar-refractivity contribution is 6.30. The first-order valence-electron chi connectivity index (χ1n) is 12.1. The number of hydrogen-bond donors (Lipinski definition) is 1. The Bertz CT molecular complexity index is 1620. The zero-order valence-electron chi connectivity index (χ0n) is 21.2. The lowest BCUT2D eigenvalue weighted by Gasteiger charge is -2.17. The molecule has 0 unspecified atom stereocenters. The van der Waals surface area contributed by atoms with E-state index in [4.69, 9.17) is 21.3 Å². The van der Waals surface area contributed by atoms with Gasteiger partial charge in [-0.3, -0.25) is 4.79 Å². The minimum Gasteiger partial charge on any atom is -0.457 e. The fraction of sp³-hybridized carbons (Fsp3) is 0.125. The Balaban J connectivity index is 1.51. The Labute approximate surface area is 221 Å². The molecule has 1 aromatic heterocycles. The van der Waals surface area contributed by atoms with E-state index in [1.54, 1.807) is 0 Å². The number of nitrogens with one attached hydrogen (secondary N) is 1. The van der Waals surface area contributed by atoms with Crippen LogP contribution >= 0.6 is 11.6 Å². The van der Waals surface area contributed by atoms with Gasteiger partial charge in [0.2, 0.25) is 0 Å². The lowest BCUT2D eigenvalue weighted by Crippen LogP contribution is -2.15. The standard InChI is InChI=1S/C32H27ClN2O2/c1-19-8-12-26(13-9-19)37-27-14-10-25(11-15-27)34-32(36)29-22(4)31(23-6-5-7-24(33)18-23)35-30-21(3)16-20(2)17-28(29)30/h5-18H,1-4H3,(H,34,36). The molecule has 5 heteroatoms. The average molecular weight is 507 g/mol. The van der Waals surface area contributed by atoms with Crippen molar-refractivity contribution in [2.75, 3.05) is 5.32 Å². The number of rotatable bonds is 5. The zero-order chi connectivity index (χ0) is 26.1. The van der Waals surface area contributed by atoms with Crippen molar-refractivity contribution < 1.29 is 9.53 Å². The summed E-state index contributed by atoms with van der Waals surface area (Å²) in [5.41, 5.74) is 7.78. The van der Waals surface area contributed by atoms with Crippen LogP contribution in [0.4, 0.5) is 5.69 Å². The molecule has 1 heterocycles. The van der Waals surface area contributed by atoms with Crippen molar-refractivity contribution >= 4 is 34.1 Å². The molecule has 1 amide bonds. The third-order valence-corrected chi connectivity index (χ3v) is 6.60. The van der Waals surface area contributed by atoms with E-state index in [0.717, 1.165) is 44.6 Å². The number of nitrogens with zero attached hydrogens (tertiary/aromatic N) is 1. The van der Waals surface area contributed by atoms with E-state index in [9.17, 15) is 4.79 Å². The van der Waals surface area contributed by atoms with Gasteiger partial charge in [0.25, 0.3) is 5.91 Å². The van der Waals surface area contributed by atoms with Crippen LogP contribution in [-0.4, -0.2) is 10.9 Å². The largest absolute Gasteiger partial charge is 0.457 e. The molecule has 0 aliphatic heterocycles. The maximum Gasteiger partial charge on any atom is 0.256 e. The van der Waals surface area contributed by atoms with Crippen LogP contribution in [0.25, 0.3) is 22.2 Å². The molecule has 0 aliphatic rings. The van der Waals surface area contributed by atoms with Crippen molar-refractivity contribution in [3.63, 3.8) is 0 Å². The third-order valence-electron chi connectivity index (χ3n) is 6.36. The van der Waals surface area contributed by atoms with Gasteiger partial charge in [-0.2, -0.15) is 0 Å². The first kappa shape index (κ1) is 24.5. The van der Waals surface area contributed by atoms with Gasteiger partial charge in [-0.25, -0.2) is 4.98 Å². The SMILES string of the molecule is Cc1ccc(Oc2ccc(NC(=O)c3c(C)c(-c4cccc(Cl)c4)nc4c(C)cc(C)cc34)cc2)cc1. The molecule has 184 valence electrons. The molecule has 4 aromatic carbocycles. The lowest BCUT2D eigenvalue weighted by molar-refractivity contribution is 0.102. The van der Waals surface area contributed by atoms with E-state index in [1.165, 1.54) is 5.56 Å². The summed E-state index contributed by atoms with van der Waals surface area (Å²) in [4.78, 5) is 18.7. The third kappa shape index (κ3) is 5.20. The Morgan fingerprint density at radius 1 is 0.811 bits per heavy atom. The number of halogens is 1. The van der Waals surface area contributed by atoms with Crippen LogP contribution in [0.1, 0.15) is 32.6 Å². The minimum absolute atomic E-state index is 0.189. The molecule has 5 aromatic rings. The van der Waals surface area contributed by atoms with E-state index < -0.39 is 0 Å². The lowest BCUT2D eigenvalue weighted by atomic mass is 9.94. The number of aromatic nitrogens is 1. The topological polar surface area (TPSA) is 51.2 Å². The number of fused-ring (bicyclic) bond motifs is 1. The van der Waals surface area contributed by atoms with E-state index >= 15 is 0 Å². The Morgan fingerprint density at radius 2 is 1.49 bits per heavy atom. The summed E-state index contributed by atoms with van der Waals surface area (Å²) in [5.74, 6) is 1.27. The van der Waals surface area contributed by atoms with Crippen molar-refractivity contribution in [2.24, 2.45) is 0 Å². The summed E-state index contributed by atoms with van der Waals surface area (Å²) in [7, 11) is 0. The van der Waals surface area contributed by atoms with Gasteiger partial charge in [0.05, 0.1) is 16.8 Å². The molecule has 0 fully saturated rings. The van der Waals surface area contributed by atoms with Crippen LogP contribution in [-0.2, 0) is 0 Å². The van der Waals surface area contributed by atoms with Crippen LogP contribution in [0, 0.1) is 27.7 Å². The number of carbonyl (C=O) groups excluding carboxylic acids is 1. The van der Waals surface area contributed by atoms with Crippen molar-refractivity contribution in [1.29, 1.82) is 0 Å². The summed E-state index contributed by atoms with van der Waals surface area (Å²) in [5, 5.41) is 4.53. The fourth-order valence-electron chi connectivity index (χ4n) is 4.57. The summed E-state index contributed by atoms with van der Waals surface area (Å²) < 4.78 is 5.92. The zero-order valence-corrected chi connectivity index (χ0v) is 22.0. The predicted molar refractivity (Wildman–Crippen MR) is 152 cm³/mol. The predicted octanol–water partition coefficient (Wildman–Crippen LogP) is 8.83. The Morgan fingerprint density at radius 3 is 2.16 bits per heavy atom. The van der Waals surface area contributed by atoms with E-state index in [2.05, 4.69) is 11.4 Å². The van der Waals surface area contributed by atoms with Crippen LogP contribution in [0.5, 0.6) is 11.5 Å². The number of pyridine rings is 1. The normalized spacial score (nSPS) is 10.9. The number of benzene rings is 4. The summed E-state index contributed by atoms with van der Waals surface area (Å²) >= 11 is 6.28. The smallest absolute Gasteiger partial charge is 0.256 e. The van der Waals surface area contributed by atoms with Crippen molar-refractivity contribution in [3.05, 3.63) is 118 Å². The van der Waals surface area contributed by atoms with Gasteiger partial charge in [-0.15, -0.1) is 0 Å². The van der Waals surface area contributed by atoms with E-state index in [1.807, 2.05) is 107 Å². The van der Waals surface area contributed by atoms with Crippen molar-refractivity contribution in [1.82, 2.24) is 4.98 Å². The van der Waals surface area contributed by atoms with Gasteiger partial charge in [0.15, 0.2) is 0 Å². The number of hydrogen-bond acceptors (Lipinski definition) is 3. The first-order chi connectivity index (χ1) is 17.8. The van der Waals surface area contributed by atoms with E-state index in [-0.39, 0.29) is 5.91 Å². The number of carbonyl (C=O) groups is 1. The molecule has 5 rings (SSSR count). The molecule has 4 nitrogen and oxygen atoms in total. The summed E-state index contributed by atoms with van der Waals surface area (Å²) in [6.07, 6.45) is 0. The van der Waals surface area contributed by atoms with Crippen molar-refractivity contribution in [2.45, 2.75) is 27.7 Å². The highest BCUT2D eigenvalue weighted by Gasteiger charge is 2.20. The van der Waals surface area contributed by atoms with Crippen molar-refractivity contribution in [3.8, 4) is 22.8 Å². The molecule has 1 N–H and O–H groups in total. The summed E-state index contributed by atoms with van der Waals surface area (Å²) in [6, 6.07) is 26.9. The van der Waals surface area contributed by atoms with Crippen LogP contribution in [0.3, 0.4) is 0 Å². The second-order valence-corrected chi connectivity index (χ2v) is 9.78. The van der Waals surface area contributed by atoms with Crippen LogP contribution < -0.4 is 10.1 Å². The molecule has 0 saturated carbocycles. The maximum atomic E-state index is 13.7. The van der Waals surface area contributed by atoms with Gasteiger partial charge in [0, 0.05) is 21.7 Å². The number of aryl methyl sites for hydroxylation is 3. The molecular weight excluding hydrogens is 480 g/mol. The van der Waals surface area contributed by atoms with Crippen LogP contribution in [0.15, 0.2) is 84.9 Å². The second-order valence-electron chi connectivity index (χ2n) is 9.34. The second kappa shape index (κ2) is 10.1. The number of amides is 1. The van der Waals surface area contributed by atoms with Gasteiger partial charge < -0.3 is 10.1 Å². The number of ether oxygens (including phenoxy) is 1. The van der Waals surface area contributed by atoms with Gasteiger partial charge in [-0.1, -0.05) is 53.1 Å². The highest BCUT2D eigenvalue weighted by Crippen LogP contribution is 2.33. The molecule has 0 aliphatic carbocycles. The highest BCUT2D eigenvalue weighted by atomic mass is 35.5. The summed E-state index contributed by atoms with van der Waals surface area (Å²) in [6.45, 7) is 8.03. The molecule has 37 heavy (non-hydrogen) atoms. The number of anilines is 1.